The molecule has 0 aromatic heterocycles. The number of nitrogens with zero attached hydrogens (tertiary/aromatic N) is 1. The summed E-state index contributed by atoms with van der Waals surface area (Å²) in [6.07, 6.45) is -1.50. The third kappa shape index (κ3) is 3.68. The third-order valence-corrected chi connectivity index (χ3v) is 4.68. The fourth-order valence-corrected chi connectivity index (χ4v) is 2.95. The van der Waals surface area contributed by atoms with E-state index in [-0.39, 0.29) is 5.69 Å². The molecule has 8 heteroatoms. The molecule has 1 aliphatic carbocycles. The number of benzene rings is 1. The van der Waals surface area contributed by atoms with Crippen LogP contribution in [0.4, 0.5) is 18.9 Å². The Kier molecular flexibility index (Phi) is 4.21. The van der Waals surface area contributed by atoms with Gasteiger partial charge in [-0.05, 0) is 37.0 Å². The lowest BCUT2D eigenvalue weighted by atomic mass is 9.85. The normalized spacial score (nSPS) is 16.6. The van der Waals surface area contributed by atoms with Gasteiger partial charge >= 0.3 is 6.18 Å². The van der Waals surface area contributed by atoms with E-state index in [1.54, 1.807) is 7.05 Å². The fraction of sp³-hybridized carbons (Fsp3) is 0.538. The highest BCUT2D eigenvalue weighted by Crippen LogP contribution is 2.38. The van der Waals surface area contributed by atoms with Gasteiger partial charge in [0, 0.05) is 19.3 Å². The van der Waals surface area contributed by atoms with E-state index in [0.717, 1.165) is 25.3 Å². The van der Waals surface area contributed by atoms with E-state index in [2.05, 4.69) is 0 Å². The summed E-state index contributed by atoms with van der Waals surface area (Å²) < 4.78 is 61.9. The first-order valence-corrected chi connectivity index (χ1v) is 8.09. The topological polar surface area (TPSA) is 63.4 Å². The Balaban J connectivity index is 2.39. The van der Waals surface area contributed by atoms with Gasteiger partial charge in [-0.1, -0.05) is 6.42 Å². The molecule has 0 unspecified atom stereocenters. The Morgan fingerprint density at radius 1 is 1.33 bits per heavy atom. The maximum absolute atomic E-state index is 13.1. The Labute approximate surface area is 121 Å². The maximum atomic E-state index is 13.1. The quantitative estimate of drug-likeness (QED) is 0.927. The zero-order chi connectivity index (χ0) is 15.8. The van der Waals surface area contributed by atoms with Crippen molar-refractivity contribution < 1.29 is 21.6 Å². The van der Waals surface area contributed by atoms with Crippen LogP contribution < -0.4 is 10.0 Å². The molecule has 2 N–H and O–H groups in total. The van der Waals surface area contributed by atoms with Gasteiger partial charge in [0.15, 0.2) is 0 Å². The smallest absolute Gasteiger partial charge is 0.374 e. The van der Waals surface area contributed by atoms with Gasteiger partial charge < -0.3 is 4.90 Å². The van der Waals surface area contributed by atoms with Crippen LogP contribution in [0.2, 0.25) is 0 Å². The summed E-state index contributed by atoms with van der Waals surface area (Å²) in [5.41, 5.74) is -1.00. The molecule has 0 radical (unpaired) electrons. The van der Waals surface area contributed by atoms with Crippen molar-refractivity contribution >= 4 is 15.7 Å². The minimum absolute atomic E-state index is 0.0261. The van der Waals surface area contributed by atoms with Gasteiger partial charge in [-0.25, -0.2) is 13.6 Å². The summed E-state index contributed by atoms with van der Waals surface area (Å²) in [6, 6.07) is 2.88. The zero-order valence-electron chi connectivity index (χ0n) is 11.5. The molecular weight excluding hydrogens is 305 g/mol. The van der Waals surface area contributed by atoms with Crippen LogP contribution in [0, 0.1) is 5.92 Å². The van der Waals surface area contributed by atoms with Crippen LogP contribution in [0.3, 0.4) is 0 Å². The lowest BCUT2D eigenvalue weighted by molar-refractivity contribution is -0.137. The lowest BCUT2D eigenvalue weighted by Gasteiger charge is -2.32. The van der Waals surface area contributed by atoms with Crippen LogP contribution in [0.25, 0.3) is 0 Å². The van der Waals surface area contributed by atoms with E-state index >= 15 is 0 Å². The number of halogens is 3. The molecule has 1 fully saturated rings. The summed E-state index contributed by atoms with van der Waals surface area (Å²) in [7, 11) is -2.58. The Bertz CT molecular complexity index is 625. The van der Waals surface area contributed by atoms with Crippen molar-refractivity contribution in [1.29, 1.82) is 0 Å². The monoisotopic (exact) mass is 322 g/mol. The lowest BCUT2D eigenvalue weighted by Crippen LogP contribution is -2.31. The van der Waals surface area contributed by atoms with Gasteiger partial charge in [-0.15, -0.1) is 0 Å². The van der Waals surface area contributed by atoms with Gasteiger partial charge in [0.05, 0.1) is 10.5 Å². The highest BCUT2D eigenvalue weighted by atomic mass is 32.2. The van der Waals surface area contributed by atoms with Crippen molar-refractivity contribution in [1.82, 2.24) is 0 Å². The molecule has 21 heavy (non-hydrogen) atoms. The van der Waals surface area contributed by atoms with E-state index in [4.69, 9.17) is 5.14 Å². The molecule has 4 nitrogen and oxygen atoms in total. The molecule has 118 valence electrons. The predicted molar refractivity (Wildman–Crippen MR) is 73.4 cm³/mol. The molecule has 0 saturated heterocycles. The fourth-order valence-electron chi connectivity index (χ4n) is 2.41. The number of alkyl halides is 3. The molecule has 2 rings (SSSR count). The average molecular weight is 322 g/mol. The predicted octanol–water partition coefficient (Wildman–Crippen LogP) is 2.59. The summed E-state index contributed by atoms with van der Waals surface area (Å²) in [5, 5.41) is 4.90. The Morgan fingerprint density at radius 3 is 2.38 bits per heavy atom. The van der Waals surface area contributed by atoms with Gasteiger partial charge in [-0.2, -0.15) is 13.2 Å². The first kappa shape index (κ1) is 16.1. The summed E-state index contributed by atoms with van der Waals surface area (Å²) in [4.78, 5) is 0.996. The Hall–Kier alpha value is -1.28. The number of primary sulfonamides is 1. The minimum atomic E-state index is -4.64. The largest absolute Gasteiger partial charge is 0.418 e. The molecule has 0 amide bonds. The summed E-state index contributed by atoms with van der Waals surface area (Å²) in [6.45, 7) is 0.526. The number of hydrogen-bond acceptors (Lipinski definition) is 3. The van der Waals surface area contributed by atoms with Gasteiger partial charge in [0.2, 0.25) is 10.0 Å². The van der Waals surface area contributed by atoms with Gasteiger partial charge in [0.25, 0.3) is 0 Å². The van der Waals surface area contributed by atoms with Crippen LogP contribution >= 0.6 is 0 Å². The average Bonchev–Trinajstić information content (AvgIpc) is 2.30. The van der Waals surface area contributed by atoms with Crippen LogP contribution in [0.15, 0.2) is 23.1 Å². The van der Waals surface area contributed by atoms with Crippen molar-refractivity contribution in [2.45, 2.75) is 30.3 Å². The molecule has 0 atom stereocenters. The van der Waals surface area contributed by atoms with E-state index in [9.17, 15) is 21.6 Å². The van der Waals surface area contributed by atoms with Crippen LogP contribution in [-0.4, -0.2) is 22.0 Å². The standard InChI is InChI=1S/C13H17F3N2O2S/c1-18(8-9-3-2-4-9)12-6-5-10(21(17,19)20)7-11(12)13(14,15)16/h5-7,9H,2-4,8H2,1H3,(H2,17,19,20). The molecule has 1 aliphatic rings. The van der Waals surface area contributed by atoms with Crippen LogP contribution in [0.1, 0.15) is 24.8 Å². The molecule has 1 aromatic carbocycles. The van der Waals surface area contributed by atoms with Crippen molar-refractivity contribution in [2.75, 3.05) is 18.5 Å². The number of sulfonamides is 1. The highest BCUT2D eigenvalue weighted by molar-refractivity contribution is 7.89. The Morgan fingerprint density at radius 2 is 1.95 bits per heavy atom. The first-order chi connectivity index (χ1) is 9.59. The first-order valence-electron chi connectivity index (χ1n) is 6.54. The molecule has 1 aromatic rings. The van der Waals surface area contributed by atoms with Crippen molar-refractivity contribution in [3.05, 3.63) is 23.8 Å². The van der Waals surface area contributed by atoms with Crippen molar-refractivity contribution in [3.63, 3.8) is 0 Å². The molecular formula is C13H17F3N2O2S. The second-order valence-corrected chi connectivity index (χ2v) is 6.96. The molecule has 0 aliphatic heterocycles. The molecule has 1 saturated carbocycles. The van der Waals surface area contributed by atoms with E-state index in [1.165, 1.54) is 11.0 Å². The van der Waals surface area contributed by atoms with Crippen LogP contribution in [-0.2, 0) is 16.2 Å². The minimum Gasteiger partial charge on any atom is -0.374 e. The number of anilines is 1. The number of hydrogen-bond donors (Lipinski definition) is 1. The van der Waals surface area contributed by atoms with Crippen LogP contribution in [0.5, 0.6) is 0 Å². The summed E-state index contributed by atoms with van der Waals surface area (Å²) >= 11 is 0. The molecule has 0 bridgehead atoms. The van der Waals surface area contributed by atoms with Gasteiger partial charge in [-0.3, -0.25) is 0 Å². The van der Waals surface area contributed by atoms with E-state index in [0.29, 0.717) is 18.5 Å². The number of nitrogens with two attached hydrogens (primary N) is 1. The van der Waals surface area contributed by atoms with E-state index < -0.39 is 26.7 Å². The maximum Gasteiger partial charge on any atom is 0.418 e. The molecule has 0 heterocycles. The molecule has 0 spiro atoms. The second-order valence-electron chi connectivity index (χ2n) is 5.40. The van der Waals surface area contributed by atoms with E-state index in [1.807, 2.05) is 0 Å². The second kappa shape index (κ2) is 5.49. The zero-order valence-corrected chi connectivity index (χ0v) is 12.3. The summed E-state index contributed by atoms with van der Waals surface area (Å²) in [5.74, 6) is 0.397. The van der Waals surface area contributed by atoms with Crippen molar-refractivity contribution in [2.24, 2.45) is 11.1 Å². The third-order valence-electron chi connectivity index (χ3n) is 3.77. The SMILES string of the molecule is CN(CC1CCC1)c1ccc(S(N)(=O)=O)cc1C(F)(F)F. The number of rotatable bonds is 4. The highest BCUT2D eigenvalue weighted by Gasteiger charge is 2.36. The van der Waals surface area contributed by atoms with Gasteiger partial charge in [0.1, 0.15) is 0 Å². The van der Waals surface area contributed by atoms with Crippen molar-refractivity contribution in [3.8, 4) is 0 Å².